The summed E-state index contributed by atoms with van der Waals surface area (Å²) >= 11 is -3.53. The number of amides is 1. The predicted molar refractivity (Wildman–Crippen MR) is 82.1 cm³/mol. The van der Waals surface area contributed by atoms with Crippen molar-refractivity contribution in [2.24, 2.45) is 0 Å². The number of hydrogen-bond donors (Lipinski definition) is 0. The van der Waals surface area contributed by atoms with Crippen molar-refractivity contribution in [2.75, 3.05) is 6.54 Å². The SMILES string of the molecule is O.O=C(N1CCC[C@@H]2c3cc(OS(=O)C(F)(F)F)ccc3C[C@@H]21)C(F)(F)F. The Morgan fingerprint density at radius 2 is 1.85 bits per heavy atom. The van der Waals surface area contributed by atoms with Crippen molar-refractivity contribution in [3.05, 3.63) is 29.3 Å². The summed E-state index contributed by atoms with van der Waals surface area (Å²) in [5.74, 6) is -2.61. The third-order valence-electron chi connectivity index (χ3n) is 4.59. The van der Waals surface area contributed by atoms with Gasteiger partial charge in [-0.25, -0.2) is 4.21 Å². The summed E-state index contributed by atoms with van der Waals surface area (Å²) in [5.41, 5.74) is -3.86. The molecule has 3 rings (SSSR count). The van der Waals surface area contributed by atoms with Crippen LogP contribution in [0.3, 0.4) is 0 Å². The molecule has 0 saturated carbocycles. The molecule has 1 fully saturated rings. The minimum Gasteiger partial charge on any atom is -0.412 e. The van der Waals surface area contributed by atoms with Gasteiger partial charge in [-0.3, -0.25) is 4.79 Å². The first-order valence-electron chi connectivity index (χ1n) is 7.66. The number of nitrogens with zero attached hydrogens (tertiary/aromatic N) is 1. The van der Waals surface area contributed by atoms with Crippen LogP contribution in [0.25, 0.3) is 0 Å². The molecule has 152 valence electrons. The lowest BCUT2D eigenvalue weighted by Crippen LogP contribution is -2.51. The minimum atomic E-state index is -5.04. The second-order valence-corrected chi connectivity index (χ2v) is 7.24. The van der Waals surface area contributed by atoms with Gasteiger partial charge in [0.15, 0.2) is 0 Å². The molecule has 1 saturated heterocycles. The first-order chi connectivity index (χ1) is 12.0. The molecular formula is C15H15F6NO4S. The maximum Gasteiger partial charge on any atom is 0.508 e. The maximum atomic E-state index is 12.8. The van der Waals surface area contributed by atoms with E-state index in [2.05, 4.69) is 4.18 Å². The molecular weight excluding hydrogens is 404 g/mol. The highest BCUT2D eigenvalue weighted by molar-refractivity contribution is 7.81. The highest BCUT2D eigenvalue weighted by Gasteiger charge is 2.49. The molecule has 5 nitrogen and oxygen atoms in total. The van der Waals surface area contributed by atoms with E-state index in [9.17, 15) is 35.3 Å². The van der Waals surface area contributed by atoms with Crippen LogP contribution in [-0.4, -0.2) is 44.8 Å². The summed E-state index contributed by atoms with van der Waals surface area (Å²) in [4.78, 5) is 12.4. The average Bonchev–Trinajstić information content (AvgIpc) is 2.90. The minimum absolute atomic E-state index is 0. The van der Waals surface area contributed by atoms with Gasteiger partial charge >= 0.3 is 28.7 Å². The lowest BCUT2D eigenvalue weighted by atomic mass is 9.88. The number of rotatable bonds is 2. The highest BCUT2D eigenvalue weighted by Crippen LogP contribution is 2.44. The van der Waals surface area contributed by atoms with Crippen LogP contribution in [0.15, 0.2) is 18.2 Å². The largest absolute Gasteiger partial charge is 0.508 e. The molecule has 2 N–H and O–H groups in total. The number of alkyl halides is 6. The van der Waals surface area contributed by atoms with Crippen molar-refractivity contribution in [1.29, 1.82) is 0 Å². The fourth-order valence-corrected chi connectivity index (χ4v) is 3.98. The number of fused-ring (bicyclic) bond motifs is 3. The summed E-state index contributed by atoms with van der Waals surface area (Å²) in [6.45, 7) is -0.0189. The van der Waals surface area contributed by atoms with Crippen molar-refractivity contribution >= 4 is 17.0 Å². The second-order valence-electron chi connectivity index (χ2n) is 6.14. The van der Waals surface area contributed by atoms with Crippen molar-refractivity contribution in [1.82, 2.24) is 4.90 Å². The molecule has 0 bridgehead atoms. The van der Waals surface area contributed by atoms with E-state index in [1.165, 1.54) is 18.2 Å². The van der Waals surface area contributed by atoms with Gasteiger partial charge in [-0.1, -0.05) is 6.07 Å². The molecule has 1 aliphatic carbocycles. The van der Waals surface area contributed by atoms with Gasteiger partial charge in [0, 0.05) is 18.5 Å². The van der Waals surface area contributed by atoms with Crippen LogP contribution < -0.4 is 4.18 Å². The van der Waals surface area contributed by atoms with Gasteiger partial charge in [0.05, 0.1) is 0 Å². The van der Waals surface area contributed by atoms with Gasteiger partial charge in [0.25, 0.3) is 0 Å². The number of piperidine rings is 1. The number of halogens is 6. The lowest BCUT2D eigenvalue weighted by molar-refractivity contribution is -0.189. The number of likely N-dealkylation sites (tertiary alicyclic amines) is 1. The van der Waals surface area contributed by atoms with Gasteiger partial charge in [0.2, 0.25) is 0 Å². The first kappa shape index (κ1) is 21.5. The van der Waals surface area contributed by atoms with E-state index in [0.29, 0.717) is 24.0 Å². The van der Waals surface area contributed by atoms with Crippen molar-refractivity contribution < 1.29 is 45.0 Å². The Morgan fingerprint density at radius 3 is 2.44 bits per heavy atom. The van der Waals surface area contributed by atoms with E-state index in [4.69, 9.17) is 0 Å². The normalized spacial score (nSPS) is 23.1. The fraction of sp³-hybridized carbons (Fsp3) is 0.533. The van der Waals surface area contributed by atoms with E-state index < -0.39 is 40.6 Å². The van der Waals surface area contributed by atoms with E-state index >= 15 is 0 Å². The molecule has 3 atom stereocenters. The Hall–Kier alpha value is -1.82. The van der Waals surface area contributed by atoms with E-state index in [1.54, 1.807) is 0 Å². The maximum absolute atomic E-state index is 12.8. The Bertz CT molecular complexity index is 751. The van der Waals surface area contributed by atoms with Crippen LogP contribution in [0.4, 0.5) is 26.3 Å². The Labute approximate surface area is 152 Å². The standard InChI is InChI=1S/C15H13F6NO3S.H2O/c16-14(17,18)13(23)22-5-1-2-10-11-7-9(25-26(24)15(19,20)21)4-3-8(11)6-12(10)22;/h3-4,7,10,12H,1-2,5-6H2;1H2/t10-,12+,26?;/m1./s1. The van der Waals surface area contributed by atoms with E-state index in [-0.39, 0.29) is 24.2 Å². The van der Waals surface area contributed by atoms with E-state index in [1.807, 2.05) is 0 Å². The second kappa shape index (κ2) is 7.30. The summed E-state index contributed by atoms with van der Waals surface area (Å²) < 4.78 is 90.9. The number of carbonyl (C=O) groups is 1. The zero-order chi connectivity index (χ0) is 19.3. The molecule has 0 spiro atoms. The molecule has 0 aromatic heterocycles. The number of hydrogen-bond acceptors (Lipinski definition) is 3. The van der Waals surface area contributed by atoms with Crippen LogP contribution in [-0.2, 0) is 22.3 Å². The molecule has 0 radical (unpaired) electrons. The molecule has 1 aromatic carbocycles. The van der Waals surface area contributed by atoms with Gasteiger partial charge in [-0.2, -0.15) is 26.3 Å². The lowest BCUT2D eigenvalue weighted by Gasteiger charge is -2.38. The average molecular weight is 419 g/mol. The highest BCUT2D eigenvalue weighted by atomic mass is 32.2. The van der Waals surface area contributed by atoms with Gasteiger partial charge in [-0.15, -0.1) is 0 Å². The van der Waals surface area contributed by atoms with Crippen molar-refractivity contribution in [3.8, 4) is 5.75 Å². The number of benzene rings is 1. The first-order valence-corrected chi connectivity index (χ1v) is 8.73. The molecule has 1 heterocycles. The van der Waals surface area contributed by atoms with Crippen LogP contribution in [0.1, 0.15) is 29.9 Å². The zero-order valence-electron chi connectivity index (χ0n) is 13.6. The molecule has 27 heavy (non-hydrogen) atoms. The van der Waals surface area contributed by atoms with Crippen molar-refractivity contribution in [3.63, 3.8) is 0 Å². The van der Waals surface area contributed by atoms with E-state index in [0.717, 1.165) is 4.90 Å². The third-order valence-corrected chi connectivity index (χ3v) is 5.31. The molecule has 2 aliphatic rings. The monoisotopic (exact) mass is 419 g/mol. The smallest absolute Gasteiger partial charge is 0.412 e. The summed E-state index contributed by atoms with van der Waals surface area (Å²) in [5, 5.41) is 0. The third kappa shape index (κ3) is 4.21. The zero-order valence-corrected chi connectivity index (χ0v) is 14.4. The Balaban J connectivity index is 0.00000261. The summed E-state index contributed by atoms with van der Waals surface area (Å²) in [6, 6.07) is 3.20. The van der Waals surface area contributed by atoms with Crippen molar-refractivity contribution in [2.45, 2.75) is 42.9 Å². The summed E-state index contributed by atoms with van der Waals surface area (Å²) in [7, 11) is 0. The quantitative estimate of drug-likeness (QED) is 0.692. The summed E-state index contributed by atoms with van der Waals surface area (Å²) in [6.07, 6.45) is -3.94. The van der Waals surface area contributed by atoms with Crippen LogP contribution >= 0.6 is 0 Å². The Morgan fingerprint density at radius 1 is 1.19 bits per heavy atom. The molecule has 12 heteroatoms. The van der Waals surface area contributed by atoms with Crippen LogP contribution in [0, 0.1) is 0 Å². The van der Waals surface area contributed by atoms with Gasteiger partial charge < -0.3 is 14.6 Å². The molecule has 1 aromatic rings. The molecule has 1 amide bonds. The Kier molecular flexibility index (Phi) is 5.81. The van der Waals surface area contributed by atoms with Crippen LogP contribution in [0.5, 0.6) is 5.75 Å². The molecule has 1 unspecified atom stereocenters. The van der Waals surface area contributed by atoms with Gasteiger partial charge in [-0.05, 0) is 42.5 Å². The topological polar surface area (TPSA) is 78.1 Å². The van der Waals surface area contributed by atoms with Crippen LogP contribution in [0.2, 0.25) is 0 Å². The fourth-order valence-electron chi connectivity index (χ4n) is 3.60. The predicted octanol–water partition coefficient (Wildman–Crippen LogP) is 2.62. The van der Waals surface area contributed by atoms with Gasteiger partial charge in [0.1, 0.15) is 5.75 Å². The number of carbonyl (C=O) groups excluding carboxylic acids is 1. The molecule has 1 aliphatic heterocycles.